The molecule has 1 aliphatic rings. The van der Waals surface area contributed by atoms with Gasteiger partial charge in [-0.1, -0.05) is 12.1 Å². The number of amides is 1. The molecule has 0 atom stereocenters. The minimum atomic E-state index is -4.31. The largest absolute Gasteiger partial charge is 0.497 e. The number of carbonyl (C=O) groups excluding carboxylic acids is 1. The van der Waals surface area contributed by atoms with Crippen LogP contribution in [-0.4, -0.2) is 40.9 Å². The molecule has 0 spiro atoms. The normalized spacial score (nSPS) is 14.5. The third-order valence-corrected chi connectivity index (χ3v) is 8.73. The van der Waals surface area contributed by atoms with Crippen molar-refractivity contribution >= 4 is 27.6 Å². The molecule has 5 rings (SSSR count). The first kappa shape index (κ1) is 27.2. The van der Waals surface area contributed by atoms with Crippen LogP contribution in [0.25, 0.3) is 0 Å². The zero-order valence-electron chi connectivity index (χ0n) is 21.8. The lowest BCUT2D eigenvalue weighted by molar-refractivity contribution is 0.102. The van der Waals surface area contributed by atoms with Gasteiger partial charge in [0.15, 0.2) is 5.82 Å². The van der Waals surface area contributed by atoms with Crippen molar-refractivity contribution in [2.75, 3.05) is 17.7 Å². The summed E-state index contributed by atoms with van der Waals surface area (Å²) in [5.41, 5.74) is 0.948. The van der Waals surface area contributed by atoms with Gasteiger partial charge in [0.1, 0.15) is 23.2 Å². The van der Waals surface area contributed by atoms with E-state index in [0.717, 1.165) is 27.8 Å². The number of sulfonamides is 1. The number of aromatic nitrogens is 3. The maximum Gasteiger partial charge on any atom is 0.260 e. The Kier molecular flexibility index (Phi) is 7.02. The fourth-order valence-electron chi connectivity index (χ4n) is 4.62. The molecule has 10 nitrogen and oxygen atoms in total. The van der Waals surface area contributed by atoms with Crippen LogP contribution in [0.3, 0.4) is 0 Å². The minimum Gasteiger partial charge on any atom is -0.497 e. The third kappa shape index (κ3) is 5.00. The maximum absolute atomic E-state index is 13.8. The molecule has 1 aliphatic heterocycles. The van der Waals surface area contributed by atoms with Crippen LogP contribution >= 0.6 is 0 Å². The van der Waals surface area contributed by atoms with E-state index in [1.165, 1.54) is 0 Å². The molecule has 0 unspecified atom stereocenters. The van der Waals surface area contributed by atoms with Crippen LogP contribution in [-0.2, 0) is 28.7 Å². The first-order valence-corrected chi connectivity index (χ1v) is 13.6. The minimum absolute atomic E-state index is 0.140. The highest BCUT2D eigenvalue weighted by molar-refractivity contribution is 7.89. The van der Waals surface area contributed by atoms with Crippen LogP contribution < -0.4 is 15.4 Å². The summed E-state index contributed by atoms with van der Waals surface area (Å²) in [6.45, 7) is 3.50. The number of hydrogen-bond donors (Lipinski definition) is 3. The topological polar surface area (TPSA) is 129 Å². The second-order valence-electron chi connectivity index (χ2n) is 9.66. The first-order chi connectivity index (χ1) is 19.0. The Morgan fingerprint density at radius 3 is 2.48 bits per heavy atom. The van der Waals surface area contributed by atoms with Crippen molar-refractivity contribution in [3.8, 4) is 5.75 Å². The molecule has 2 aromatic carbocycles. The number of rotatable bonds is 8. The number of carbonyl (C=O) groups is 1. The number of nitrogens with one attached hydrogen (secondary N) is 3. The lowest BCUT2D eigenvalue weighted by Crippen LogP contribution is -2.40. The van der Waals surface area contributed by atoms with Gasteiger partial charge in [0, 0.05) is 30.9 Å². The maximum atomic E-state index is 13.8. The van der Waals surface area contributed by atoms with Crippen molar-refractivity contribution in [3.63, 3.8) is 0 Å². The van der Waals surface area contributed by atoms with Crippen LogP contribution in [0.1, 0.15) is 41.0 Å². The predicted octanol–water partition coefficient (Wildman–Crippen LogP) is 4.40. The number of aromatic amines is 1. The molecule has 3 N–H and O–H groups in total. The van der Waals surface area contributed by atoms with Gasteiger partial charge in [-0.05, 0) is 55.8 Å². The van der Waals surface area contributed by atoms with Gasteiger partial charge in [-0.2, -0.15) is 9.40 Å². The highest BCUT2D eigenvalue weighted by Crippen LogP contribution is 2.44. The van der Waals surface area contributed by atoms with E-state index in [0.29, 0.717) is 29.7 Å². The fraction of sp³-hybridized carbons (Fsp3) is 0.222. The Bertz CT molecular complexity index is 1670. The Morgan fingerprint density at radius 1 is 1.10 bits per heavy atom. The Labute approximate surface area is 229 Å². The number of anilines is 2. The van der Waals surface area contributed by atoms with Crippen molar-refractivity contribution in [2.24, 2.45) is 0 Å². The highest BCUT2D eigenvalue weighted by atomic mass is 32.2. The zero-order valence-corrected chi connectivity index (χ0v) is 22.6. The number of H-pyrrole nitrogens is 1. The van der Waals surface area contributed by atoms with Gasteiger partial charge >= 0.3 is 0 Å². The molecule has 40 heavy (non-hydrogen) atoms. The molecule has 0 saturated carbocycles. The molecule has 0 saturated heterocycles. The van der Waals surface area contributed by atoms with Crippen LogP contribution in [0.5, 0.6) is 5.75 Å². The van der Waals surface area contributed by atoms with Crippen molar-refractivity contribution in [2.45, 2.75) is 37.4 Å². The number of halogens is 2. The smallest absolute Gasteiger partial charge is 0.260 e. The van der Waals surface area contributed by atoms with E-state index < -0.39 is 38.0 Å². The van der Waals surface area contributed by atoms with Crippen molar-refractivity contribution < 1.29 is 26.7 Å². The summed E-state index contributed by atoms with van der Waals surface area (Å²) in [5, 5.41) is 12.9. The summed E-state index contributed by atoms with van der Waals surface area (Å²) < 4.78 is 60.7. The molecule has 208 valence electrons. The molecule has 0 bridgehead atoms. The lowest BCUT2D eigenvalue weighted by Gasteiger charge is -2.30. The molecule has 3 heterocycles. The summed E-state index contributed by atoms with van der Waals surface area (Å²) in [6, 6.07) is 12.8. The first-order valence-electron chi connectivity index (χ1n) is 12.2. The van der Waals surface area contributed by atoms with Crippen LogP contribution in [0.4, 0.5) is 20.4 Å². The van der Waals surface area contributed by atoms with E-state index in [1.54, 1.807) is 39.3 Å². The van der Waals surface area contributed by atoms with Crippen molar-refractivity contribution in [3.05, 3.63) is 94.8 Å². The Hall–Kier alpha value is -4.36. The van der Waals surface area contributed by atoms with Gasteiger partial charge in [-0.3, -0.25) is 9.89 Å². The molecule has 4 aromatic rings. The van der Waals surface area contributed by atoms with E-state index in [4.69, 9.17) is 4.74 Å². The van der Waals surface area contributed by atoms with E-state index in [2.05, 4.69) is 25.8 Å². The van der Waals surface area contributed by atoms with Gasteiger partial charge < -0.3 is 15.4 Å². The van der Waals surface area contributed by atoms with Gasteiger partial charge in [0.2, 0.25) is 10.0 Å². The van der Waals surface area contributed by atoms with Gasteiger partial charge in [-0.25, -0.2) is 22.2 Å². The molecule has 1 amide bonds. The monoisotopic (exact) mass is 568 g/mol. The lowest BCUT2D eigenvalue weighted by atomic mass is 10.0. The second kappa shape index (κ2) is 10.3. The van der Waals surface area contributed by atoms with E-state index in [9.17, 15) is 22.0 Å². The number of hydrogen-bond acceptors (Lipinski definition) is 7. The summed E-state index contributed by atoms with van der Waals surface area (Å²) in [6.07, 6.45) is 1.56. The zero-order chi connectivity index (χ0) is 28.7. The molecule has 0 fully saturated rings. The Balaban J connectivity index is 1.36. The third-order valence-electron chi connectivity index (χ3n) is 6.73. The van der Waals surface area contributed by atoms with Gasteiger partial charge in [-0.15, -0.1) is 0 Å². The molecule has 2 aromatic heterocycles. The number of ether oxygens (including phenoxy) is 1. The molecule has 0 radical (unpaired) electrons. The van der Waals surface area contributed by atoms with Crippen LogP contribution in [0.15, 0.2) is 65.7 Å². The van der Waals surface area contributed by atoms with Crippen LogP contribution in [0.2, 0.25) is 0 Å². The average molecular weight is 569 g/mol. The van der Waals surface area contributed by atoms with Gasteiger partial charge in [0.05, 0.1) is 28.8 Å². The molecule has 13 heteroatoms. The number of pyridine rings is 1. The van der Waals surface area contributed by atoms with E-state index in [-0.39, 0.29) is 17.9 Å². The van der Waals surface area contributed by atoms with Gasteiger partial charge in [0.25, 0.3) is 5.91 Å². The molecular formula is C27H26F2N6O4S. The summed E-state index contributed by atoms with van der Waals surface area (Å²) in [5.74, 6) is -1.30. The highest BCUT2D eigenvalue weighted by Gasteiger charge is 2.48. The number of fused-ring (bicyclic) bond motifs is 1. The van der Waals surface area contributed by atoms with Crippen LogP contribution in [0, 0.1) is 11.6 Å². The quantitative estimate of drug-likeness (QED) is 0.287. The summed E-state index contributed by atoms with van der Waals surface area (Å²) >= 11 is 0. The van der Waals surface area contributed by atoms with Crippen molar-refractivity contribution in [1.82, 2.24) is 19.5 Å². The Morgan fingerprint density at radius 2 is 1.80 bits per heavy atom. The van der Waals surface area contributed by atoms with E-state index in [1.807, 2.05) is 24.3 Å². The summed E-state index contributed by atoms with van der Waals surface area (Å²) in [7, 11) is -2.72. The number of nitrogens with zero attached hydrogens (tertiary/aromatic N) is 3. The summed E-state index contributed by atoms with van der Waals surface area (Å²) in [4.78, 5) is 17.1. The van der Waals surface area contributed by atoms with Crippen molar-refractivity contribution in [1.29, 1.82) is 0 Å². The number of methoxy groups -OCH3 is 1. The number of benzene rings is 2. The predicted molar refractivity (Wildman–Crippen MR) is 143 cm³/mol. The SMILES string of the molecule is COc1ccc(CNc2ncccc2C(=O)Nc2n[nH]c3c2CN(S(=O)(=O)c2cc(F)cc(F)c2)C3(C)C)cc1. The molecule has 0 aliphatic carbocycles. The van der Waals surface area contributed by atoms with E-state index >= 15 is 0 Å². The second-order valence-corrected chi connectivity index (χ2v) is 11.5. The molecular weight excluding hydrogens is 542 g/mol. The standard InChI is InChI=1S/C27H26F2N6O4S/c1-27(2)23-22(15-35(27)40(37,38)20-12-17(28)11-18(29)13-20)25(34-33-23)32-26(36)21-5-4-10-30-24(21)31-14-16-6-8-19(39-3)9-7-16/h4-13H,14-15H2,1-3H3,(H,30,31)(H2,32,33,34,36). The fourth-order valence-corrected chi connectivity index (χ4v) is 6.39. The average Bonchev–Trinajstić information content (AvgIpc) is 3.45.